The van der Waals surface area contributed by atoms with Gasteiger partial charge in [0, 0.05) is 49.4 Å². The molecule has 1 saturated heterocycles. The van der Waals surface area contributed by atoms with E-state index >= 15 is 0 Å². The number of piperazine rings is 1. The molecular weight excluding hydrogens is 334 g/mol. The molecule has 1 heterocycles. The largest absolute Gasteiger partial charge is 0.370 e. The molecule has 1 aromatic rings. The molecule has 0 unspecified atom stereocenters. The van der Waals surface area contributed by atoms with E-state index in [2.05, 4.69) is 33.0 Å². The molecule has 2 aliphatic rings. The van der Waals surface area contributed by atoms with Gasteiger partial charge in [-0.15, -0.1) is 0 Å². The lowest BCUT2D eigenvalue weighted by atomic mass is 9.83. The molecule has 5 nitrogen and oxygen atoms in total. The third kappa shape index (κ3) is 4.79. The second kappa shape index (κ2) is 8.44. The fourth-order valence-corrected chi connectivity index (χ4v) is 3.77. The molecule has 6 heteroatoms. The highest BCUT2D eigenvalue weighted by Crippen LogP contribution is 2.28. The van der Waals surface area contributed by atoms with Crippen LogP contribution in [0.25, 0.3) is 0 Å². The third-order valence-corrected chi connectivity index (χ3v) is 5.59. The van der Waals surface area contributed by atoms with Crippen molar-refractivity contribution in [2.75, 3.05) is 37.6 Å². The van der Waals surface area contributed by atoms with Gasteiger partial charge in [-0.2, -0.15) is 5.26 Å². The summed E-state index contributed by atoms with van der Waals surface area (Å²) in [4.78, 5) is 9.16. The maximum absolute atomic E-state index is 8.97. The lowest BCUT2D eigenvalue weighted by Gasteiger charge is -2.36. The summed E-state index contributed by atoms with van der Waals surface area (Å²) in [7, 11) is 0. The van der Waals surface area contributed by atoms with E-state index in [1.54, 1.807) is 0 Å². The first-order valence-corrected chi connectivity index (χ1v) is 9.48. The summed E-state index contributed by atoms with van der Waals surface area (Å²) in [6.07, 6.45) is 4.21. The summed E-state index contributed by atoms with van der Waals surface area (Å²) in [6.45, 7) is 4.44. The summed E-state index contributed by atoms with van der Waals surface area (Å²) in [5.41, 5.74) is 7.41. The Labute approximate surface area is 155 Å². The van der Waals surface area contributed by atoms with Crippen LogP contribution < -0.4 is 10.6 Å². The minimum atomic E-state index is 0.249. The zero-order valence-corrected chi connectivity index (χ0v) is 15.3. The molecule has 0 atom stereocenters. The van der Waals surface area contributed by atoms with Gasteiger partial charge in [-0.25, -0.2) is 0 Å². The molecule has 1 aliphatic carbocycles. The predicted molar refractivity (Wildman–Crippen MR) is 103 cm³/mol. The topological polar surface area (TPSA) is 68.6 Å². The molecule has 1 aromatic carbocycles. The van der Waals surface area contributed by atoms with Crippen LogP contribution in [0, 0.1) is 23.2 Å². The summed E-state index contributed by atoms with van der Waals surface area (Å²) in [5.74, 6) is 1.50. The molecule has 2 fully saturated rings. The molecule has 25 heavy (non-hydrogen) atoms. The molecule has 0 amide bonds. The Morgan fingerprint density at radius 3 is 2.36 bits per heavy atom. The van der Waals surface area contributed by atoms with Crippen LogP contribution in [0.4, 0.5) is 5.69 Å². The van der Waals surface area contributed by atoms with E-state index < -0.39 is 0 Å². The molecule has 0 aromatic heterocycles. The number of rotatable bonds is 3. The highest BCUT2D eigenvalue weighted by Gasteiger charge is 2.22. The van der Waals surface area contributed by atoms with Crippen LogP contribution in [-0.4, -0.2) is 43.6 Å². The second-order valence-electron chi connectivity index (χ2n) is 7.00. The fraction of sp³-hybridized carbons (Fsp3) is 0.579. The number of halogens is 1. The van der Waals surface area contributed by atoms with E-state index in [-0.39, 0.29) is 5.92 Å². The maximum Gasteiger partial charge on any atom is 0.191 e. The molecule has 134 valence electrons. The number of nitrogens with zero attached hydrogens (tertiary/aromatic N) is 4. The monoisotopic (exact) mass is 359 g/mol. The number of anilines is 1. The van der Waals surface area contributed by atoms with Gasteiger partial charge in [0.2, 0.25) is 0 Å². The first kappa shape index (κ1) is 17.9. The third-order valence-electron chi connectivity index (χ3n) is 5.34. The molecule has 0 spiro atoms. The number of hydrogen-bond donors (Lipinski definition) is 1. The van der Waals surface area contributed by atoms with E-state index in [0.717, 1.165) is 63.4 Å². The van der Waals surface area contributed by atoms with Gasteiger partial charge in [-0.3, -0.25) is 4.99 Å². The number of guanidine groups is 1. The van der Waals surface area contributed by atoms with Gasteiger partial charge in [-0.05, 0) is 55.9 Å². The maximum atomic E-state index is 8.97. The SMILES string of the molecule is N#CC1CCC(CN=C(N)N2CCN(c3ccc(Cl)cc3)CC2)CC1. The van der Waals surface area contributed by atoms with Crippen LogP contribution in [-0.2, 0) is 0 Å². The highest BCUT2D eigenvalue weighted by molar-refractivity contribution is 6.30. The minimum Gasteiger partial charge on any atom is -0.370 e. The van der Waals surface area contributed by atoms with Crippen molar-refractivity contribution in [1.82, 2.24) is 4.90 Å². The summed E-state index contributed by atoms with van der Waals surface area (Å²) in [5, 5.41) is 9.73. The van der Waals surface area contributed by atoms with Crippen molar-refractivity contribution in [3.63, 3.8) is 0 Å². The van der Waals surface area contributed by atoms with Gasteiger partial charge in [0.05, 0.1) is 6.07 Å². The van der Waals surface area contributed by atoms with Crippen LogP contribution in [0.15, 0.2) is 29.3 Å². The molecule has 2 N–H and O–H groups in total. The number of hydrogen-bond acceptors (Lipinski definition) is 3. The van der Waals surface area contributed by atoms with Crippen LogP contribution in [0.3, 0.4) is 0 Å². The van der Waals surface area contributed by atoms with Gasteiger partial charge in [0.25, 0.3) is 0 Å². The Hall–Kier alpha value is -1.93. The fourth-order valence-electron chi connectivity index (χ4n) is 3.64. The Bertz CT molecular complexity index is 620. The summed E-state index contributed by atoms with van der Waals surface area (Å²) in [6, 6.07) is 10.4. The normalized spacial score (nSPS) is 24.9. The van der Waals surface area contributed by atoms with E-state index in [1.807, 2.05) is 12.1 Å². The number of aliphatic imine (C=N–C) groups is 1. The smallest absolute Gasteiger partial charge is 0.191 e. The van der Waals surface area contributed by atoms with Gasteiger partial charge in [0.1, 0.15) is 0 Å². The van der Waals surface area contributed by atoms with E-state index in [1.165, 1.54) is 5.69 Å². The van der Waals surface area contributed by atoms with Crippen molar-refractivity contribution in [3.05, 3.63) is 29.3 Å². The van der Waals surface area contributed by atoms with Crippen molar-refractivity contribution < 1.29 is 0 Å². The second-order valence-corrected chi connectivity index (χ2v) is 7.43. The average Bonchev–Trinajstić information content (AvgIpc) is 2.67. The Morgan fingerprint density at radius 1 is 1.12 bits per heavy atom. The number of nitrogens with two attached hydrogens (primary N) is 1. The first-order chi connectivity index (χ1) is 12.2. The summed E-state index contributed by atoms with van der Waals surface area (Å²) < 4.78 is 0. The standard InChI is InChI=1S/C19H26ClN5/c20-17-5-7-18(8-6-17)24-9-11-25(12-10-24)19(22)23-14-16-3-1-15(13-21)2-4-16/h5-8,15-16H,1-4,9-12,14H2,(H2,22,23). The molecule has 3 rings (SSSR count). The quantitative estimate of drug-likeness (QED) is 0.665. The lowest BCUT2D eigenvalue weighted by molar-refractivity contribution is 0.319. The van der Waals surface area contributed by atoms with Gasteiger partial charge >= 0.3 is 0 Å². The van der Waals surface area contributed by atoms with Crippen molar-refractivity contribution in [1.29, 1.82) is 5.26 Å². The van der Waals surface area contributed by atoms with Crippen LogP contribution in [0.2, 0.25) is 5.02 Å². The van der Waals surface area contributed by atoms with Crippen LogP contribution in [0.1, 0.15) is 25.7 Å². The van der Waals surface area contributed by atoms with Crippen molar-refractivity contribution in [2.24, 2.45) is 22.6 Å². The number of nitriles is 1. The van der Waals surface area contributed by atoms with Crippen molar-refractivity contribution in [2.45, 2.75) is 25.7 Å². The number of benzene rings is 1. The molecule has 1 aliphatic heterocycles. The minimum absolute atomic E-state index is 0.249. The van der Waals surface area contributed by atoms with Crippen molar-refractivity contribution >= 4 is 23.2 Å². The predicted octanol–water partition coefficient (Wildman–Crippen LogP) is 3.11. The Kier molecular flexibility index (Phi) is 6.04. The molecular formula is C19H26ClN5. The van der Waals surface area contributed by atoms with Gasteiger partial charge in [-0.1, -0.05) is 11.6 Å². The average molecular weight is 360 g/mol. The highest BCUT2D eigenvalue weighted by atomic mass is 35.5. The van der Waals surface area contributed by atoms with E-state index in [9.17, 15) is 0 Å². The molecule has 0 bridgehead atoms. The Balaban J connectivity index is 1.45. The van der Waals surface area contributed by atoms with E-state index in [4.69, 9.17) is 22.6 Å². The molecule has 0 radical (unpaired) electrons. The van der Waals surface area contributed by atoms with Crippen LogP contribution in [0.5, 0.6) is 0 Å². The van der Waals surface area contributed by atoms with Gasteiger partial charge < -0.3 is 15.5 Å². The summed E-state index contributed by atoms with van der Waals surface area (Å²) >= 11 is 5.96. The Morgan fingerprint density at radius 2 is 1.76 bits per heavy atom. The van der Waals surface area contributed by atoms with Crippen molar-refractivity contribution in [3.8, 4) is 6.07 Å². The molecule has 1 saturated carbocycles. The zero-order chi connectivity index (χ0) is 17.6. The van der Waals surface area contributed by atoms with Gasteiger partial charge in [0.15, 0.2) is 5.96 Å². The lowest BCUT2D eigenvalue weighted by Crippen LogP contribution is -2.51. The van der Waals surface area contributed by atoms with E-state index in [0.29, 0.717) is 11.9 Å². The zero-order valence-electron chi connectivity index (χ0n) is 14.6. The first-order valence-electron chi connectivity index (χ1n) is 9.10. The van der Waals surface area contributed by atoms with Crippen LogP contribution >= 0.6 is 11.6 Å².